The molecule has 1 amide bonds. The summed E-state index contributed by atoms with van der Waals surface area (Å²) in [4.78, 5) is 27.4. The van der Waals surface area contributed by atoms with Crippen LogP contribution in [0.15, 0.2) is 60.9 Å². The lowest BCUT2D eigenvalue weighted by molar-refractivity contribution is -0.116. The SMILES string of the molecule is CCOc1ccc(C(=O)CCC(=O)Nc2cccc(-n3cc[nH]c3=S)c2)cc1. The fourth-order valence-corrected chi connectivity index (χ4v) is 2.99. The van der Waals surface area contributed by atoms with Crippen molar-refractivity contribution >= 4 is 29.6 Å². The van der Waals surface area contributed by atoms with Crippen LogP contribution >= 0.6 is 12.2 Å². The predicted octanol–water partition coefficient (Wildman–Crippen LogP) is 4.54. The number of benzene rings is 2. The van der Waals surface area contributed by atoms with Crippen molar-refractivity contribution in [2.75, 3.05) is 11.9 Å². The highest BCUT2D eigenvalue weighted by molar-refractivity contribution is 7.71. The first kappa shape index (κ1) is 19.6. The highest BCUT2D eigenvalue weighted by Gasteiger charge is 2.10. The average Bonchev–Trinajstić information content (AvgIpc) is 3.13. The van der Waals surface area contributed by atoms with Crippen LogP contribution in [0.1, 0.15) is 30.1 Å². The standard InChI is InChI=1S/C21H21N3O3S/c1-2-27-18-8-6-15(7-9-18)19(25)10-11-20(26)23-16-4-3-5-17(14-16)24-13-12-22-21(24)28/h3-9,12-14H,2,10-11H2,1H3,(H,22,28)(H,23,26). The van der Waals surface area contributed by atoms with Gasteiger partial charge in [-0.25, -0.2) is 0 Å². The van der Waals surface area contributed by atoms with Crippen LogP contribution in [0.4, 0.5) is 5.69 Å². The van der Waals surface area contributed by atoms with Gasteiger partial charge in [0, 0.05) is 42.2 Å². The molecule has 144 valence electrons. The van der Waals surface area contributed by atoms with Gasteiger partial charge in [-0.1, -0.05) is 6.07 Å². The van der Waals surface area contributed by atoms with E-state index in [-0.39, 0.29) is 24.5 Å². The predicted molar refractivity (Wildman–Crippen MR) is 111 cm³/mol. The molecule has 0 aliphatic rings. The fourth-order valence-electron chi connectivity index (χ4n) is 2.76. The van der Waals surface area contributed by atoms with E-state index in [1.54, 1.807) is 41.1 Å². The van der Waals surface area contributed by atoms with E-state index in [2.05, 4.69) is 10.3 Å². The summed E-state index contributed by atoms with van der Waals surface area (Å²) < 4.78 is 7.74. The maximum absolute atomic E-state index is 12.3. The van der Waals surface area contributed by atoms with E-state index >= 15 is 0 Å². The van der Waals surface area contributed by atoms with Gasteiger partial charge in [-0.15, -0.1) is 0 Å². The molecule has 3 rings (SSSR count). The molecule has 0 atom stereocenters. The molecule has 6 nitrogen and oxygen atoms in total. The van der Waals surface area contributed by atoms with E-state index in [4.69, 9.17) is 17.0 Å². The molecular formula is C21H21N3O3S. The smallest absolute Gasteiger partial charge is 0.224 e. The zero-order chi connectivity index (χ0) is 19.9. The molecule has 0 saturated carbocycles. The Morgan fingerprint density at radius 1 is 1.14 bits per heavy atom. The fraction of sp³-hybridized carbons (Fsp3) is 0.190. The maximum atomic E-state index is 12.3. The van der Waals surface area contributed by atoms with Gasteiger partial charge in [0.1, 0.15) is 5.75 Å². The van der Waals surface area contributed by atoms with Gasteiger partial charge in [-0.2, -0.15) is 0 Å². The molecule has 0 aliphatic heterocycles. The lowest BCUT2D eigenvalue weighted by Gasteiger charge is -2.08. The average molecular weight is 395 g/mol. The van der Waals surface area contributed by atoms with Crippen LogP contribution in [-0.4, -0.2) is 27.8 Å². The molecule has 3 aromatic rings. The molecule has 2 N–H and O–H groups in total. The lowest BCUT2D eigenvalue weighted by atomic mass is 10.1. The molecule has 0 bridgehead atoms. The van der Waals surface area contributed by atoms with Crippen LogP contribution in [0, 0.1) is 4.77 Å². The third-order valence-electron chi connectivity index (χ3n) is 4.12. The number of carbonyl (C=O) groups is 2. The summed E-state index contributed by atoms with van der Waals surface area (Å²) in [5.74, 6) is 0.430. The number of H-pyrrole nitrogens is 1. The number of ether oxygens (including phenoxy) is 1. The largest absolute Gasteiger partial charge is 0.494 e. The number of ketones is 1. The lowest BCUT2D eigenvalue weighted by Crippen LogP contribution is -2.13. The first-order valence-electron chi connectivity index (χ1n) is 8.99. The summed E-state index contributed by atoms with van der Waals surface area (Å²) >= 11 is 5.21. The Balaban J connectivity index is 1.56. The summed E-state index contributed by atoms with van der Waals surface area (Å²) in [6, 6.07) is 14.3. The number of Topliss-reactive ketones (excluding diaryl/α,β-unsaturated/α-hetero) is 1. The minimum Gasteiger partial charge on any atom is -0.494 e. The number of amides is 1. The van der Waals surface area contributed by atoms with Crippen molar-refractivity contribution in [1.29, 1.82) is 0 Å². The molecule has 0 saturated heterocycles. The minimum atomic E-state index is -0.214. The Morgan fingerprint density at radius 3 is 2.61 bits per heavy atom. The van der Waals surface area contributed by atoms with E-state index in [1.165, 1.54) is 0 Å². The first-order chi connectivity index (χ1) is 13.6. The number of rotatable bonds is 8. The summed E-state index contributed by atoms with van der Waals surface area (Å²) in [6.07, 6.45) is 3.82. The number of nitrogens with one attached hydrogen (secondary N) is 2. The Hall–Kier alpha value is -3.19. The van der Waals surface area contributed by atoms with E-state index < -0.39 is 0 Å². The van der Waals surface area contributed by atoms with Gasteiger partial charge < -0.3 is 15.0 Å². The second-order valence-electron chi connectivity index (χ2n) is 6.11. The third-order valence-corrected chi connectivity index (χ3v) is 4.44. The van der Waals surface area contributed by atoms with Crippen molar-refractivity contribution in [3.8, 4) is 11.4 Å². The molecule has 1 aromatic heterocycles. The van der Waals surface area contributed by atoms with Gasteiger partial charge in [0.25, 0.3) is 0 Å². The normalized spacial score (nSPS) is 10.5. The number of hydrogen-bond donors (Lipinski definition) is 2. The number of aromatic nitrogens is 2. The number of carbonyl (C=O) groups excluding carboxylic acids is 2. The van der Waals surface area contributed by atoms with Crippen molar-refractivity contribution in [1.82, 2.24) is 9.55 Å². The van der Waals surface area contributed by atoms with Gasteiger partial charge in [-0.3, -0.25) is 14.2 Å². The van der Waals surface area contributed by atoms with Crippen LogP contribution in [0.3, 0.4) is 0 Å². The van der Waals surface area contributed by atoms with Crippen molar-refractivity contribution in [3.63, 3.8) is 0 Å². The summed E-state index contributed by atoms with van der Waals surface area (Å²) in [5.41, 5.74) is 2.06. The highest BCUT2D eigenvalue weighted by atomic mass is 32.1. The minimum absolute atomic E-state index is 0.0782. The summed E-state index contributed by atoms with van der Waals surface area (Å²) in [6.45, 7) is 2.48. The highest BCUT2D eigenvalue weighted by Crippen LogP contribution is 2.17. The van der Waals surface area contributed by atoms with Crippen LogP contribution in [0.2, 0.25) is 0 Å². The third kappa shape index (κ3) is 4.95. The van der Waals surface area contributed by atoms with Crippen molar-refractivity contribution < 1.29 is 14.3 Å². The van der Waals surface area contributed by atoms with Crippen molar-refractivity contribution in [2.45, 2.75) is 19.8 Å². The van der Waals surface area contributed by atoms with Gasteiger partial charge in [-0.05, 0) is 61.6 Å². The molecule has 0 spiro atoms. The summed E-state index contributed by atoms with van der Waals surface area (Å²) in [5, 5.41) is 2.83. The van der Waals surface area contributed by atoms with Gasteiger partial charge in [0.15, 0.2) is 10.6 Å². The van der Waals surface area contributed by atoms with Gasteiger partial charge in [0.2, 0.25) is 5.91 Å². The second-order valence-corrected chi connectivity index (χ2v) is 6.50. The zero-order valence-electron chi connectivity index (χ0n) is 15.5. The molecule has 28 heavy (non-hydrogen) atoms. The topological polar surface area (TPSA) is 76.1 Å². The molecular weight excluding hydrogens is 374 g/mol. The number of aromatic amines is 1. The zero-order valence-corrected chi connectivity index (χ0v) is 16.3. The van der Waals surface area contributed by atoms with E-state index in [1.807, 2.05) is 31.3 Å². The first-order valence-corrected chi connectivity index (χ1v) is 9.40. The number of imidazole rings is 1. The quantitative estimate of drug-likeness (QED) is 0.434. The van der Waals surface area contributed by atoms with Crippen molar-refractivity contribution in [2.24, 2.45) is 0 Å². The van der Waals surface area contributed by atoms with Crippen LogP contribution in [0.5, 0.6) is 5.75 Å². The molecule has 1 heterocycles. The van der Waals surface area contributed by atoms with Crippen LogP contribution in [0.25, 0.3) is 5.69 Å². The van der Waals surface area contributed by atoms with E-state index in [0.29, 0.717) is 22.6 Å². The van der Waals surface area contributed by atoms with Crippen LogP contribution in [-0.2, 0) is 4.79 Å². The Morgan fingerprint density at radius 2 is 1.93 bits per heavy atom. The van der Waals surface area contributed by atoms with Gasteiger partial charge >= 0.3 is 0 Å². The second kappa shape index (κ2) is 9.14. The number of anilines is 1. The summed E-state index contributed by atoms with van der Waals surface area (Å²) in [7, 11) is 0. The molecule has 0 aliphatic carbocycles. The molecule has 0 radical (unpaired) electrons. The van der Waals surface area contributed by atoms with Crippen molar-refractivity contribution in [3.05, 3.63) is 71.3 Å². The molecule has 0 unspecified atom stereocenters. The number of nitrogens with zero attached hydrogens (tertiary/aromatic N) is 1. The molecule has 0 fully saturated rings. The monoisotopic (exact) mass is 395 g/mol. The van der Waals surface area contributed by atoms with Gasteiger partial charge in [0.05, 0.1) is 6.61 Å². The molecule has 7 heteroatoms. The van der Waals surface area contributed by atoms with E-state index in [9.17, 15) is 9.59 Å². The van der Waals surface area contributed by atoms with Crippen LogP contribution < -0.4 is 10.1 Å². The molecule has 2 aromatic carbocycles. The Kier molecular flexibility index (Phi) is 6.39. The van der Waals surface area contributed by atoms with E-state index in [0.717, 1.165) is 11.4 Å². The Bertz CT molecular complexity index is 1020. The maximum Gasteiger partial charge on any atom is 0.224 e. The Labute approximate surface area is 168 Å². The number of hydrogen-bond acceptors (Lipinski definition) is 4.